The largest absolute Gasteiger partial charge is 0.383 e. The van der Waals surface area contributed by atoms with Crippen LogP contribution >= 0.6 is 0 Å². The number of anilines is 3. The van der Waals surface area contributed by atoms with E-state index in [-0.39, 0.29) is 65.2 Å². The van der Waals surface area contributed by atoms with Crippen LogP contribution in [0.15, 0.2) is 18.3 Å². The van der Waals surface area contributed by atoms with Gasteiger partial charge < -0.3 is 21.8 Å². The predicted octanol–water partition coefficient (Wildman–Crippen LogP) is 2.94. The third-order valence-electron chi connectivity index (χ3n) is 6.59. The molecule has 0 radical (unpaired) electrons. The molecular weight excluding hydrogens is 475 g/mol. The van der Waals surface area contributed by atoms with Gasteiger partial charge in [0.15, 0.2) is 5.82 Å². The molecule has 1 unspecified atom stereocenters. The van der Waals surface area contributed by atoms with Crippen LogP contribution in [0.4, 0.5) is 30.6 Å². The maximum atomic E-state index is 13.4. The van der Waals surface area contributed by atoms with Crippen molar-refractivity contribution < 1.29 is 18.0 Å². The lowest BCUT2D eigenvalue weighted by atomic mass is 9.79. The lowest BCUT2D eigenvalue weighted by Crippen LogP contribution is -2.36. The summed E-state index contributed by atoms with van der Waals surface area (Å²) in [5.74, 6) is -3.21. The van der Waals surface area contributed by atoms with E-state index in [0.29, 0.717) is 11.6 Å². The summed E-state index contributed by atoms with van der Waals surface area (Å²) in [4.78, 5) is 34.8. The van der Waals surface area contributed by atoms with E-state index in [0.717, 1.165) is 12.4 Å². The van der Waals surface area contributed by atoms with Crippen LogP contribution < -0.4 is 16.4 Å². The Morgan fingerprint density at radius 3 is 2.61 bits per heavy atom. The van der Waals surface area contributed by atoms with Gasteiger partial charge in [0.25, 0.3) is 0 Å². The molecule has 0 bridgehead atoms. The summed E-state index contributed by atoms with van der Waals surface area (Å²) in [6.45, 7) is 1.59. The Hall–Kier alpha value is -4.16. The van der Waals surface area contributed by atoms with E-state index < -0.39 is 23.1 Å². The average Bonchev–Trinajstić information content (AvgIpc) is 3.08. The fourth-order valence-electron chi connectivity index (χ4n) is 4.72. The average molecular weight is 497 g/mol. The number of nitrogens with zero attached hydrogens (tertiary/aromatic N) is 5. The molecule has 5 rings (SSSR count). The Morgan fingerprint density at radius 2 is 2.00 bits per heavy atom. The summed E-state index contributed by atoms with van der Waals surface area (Å²) in [7, 11) is 1.61. The van der Waals surface area contributed by atoms with Crippen molar-refractivity contribution in [2.75, 3.05) is 23.4 Å². The second kappa shape index (κ2) is 8.21. The number of halogens is 3. The smallest absolute Gasteiger partial charge is 0.248 e. The number of nitrogen functional groups attached to an aromatic ring is 1. The Morgan fingerprint density at radius 1 is 1.25 bits per heavy atom. The van der Waals surface area contributed by atoms with Crippen molar-refractivity contribution in [1.82, 2.24) is 24.9 Å². The van der Waals surface area contributed by atoms with Gasteiger partial charge in [-0.05, 0) is 25.0 Å². The number of aromatic nitrogens is 5. The molecule has 1 aliphatic heterocycles. The molecule has 5 N–H and O–H groups in total. The van der Waals surface area contributed by atoms with Gasteiger partial charge in [-0.15, -0.1) is 0 Å². The van der Waals surface area contributed by atoms with Gasteiger partial charge in [-0.2, -0.15) is 0 Å². The summed E-state index contributed by atoms with van der Waals surface area (Å²) >= 11 is 0. The molecule has 1 aliphatic carbocycles. The molecule has 2 aliphatic rings. The predicted molar refractivity (Wildman–Crippen MR) is 126 cm³/mol. The summed E-state index contributed by atoms with van der Waals surface area (Å²) in [5.41, 5.74) is 5.94. The Bertz CT molecular complexity index is 1390. The summed E-state index contributed by atoms with van der Waals surface area (Å²) in [6, 6.07) is 2.59. The van der Waals surface area contributed by atoms with Crippen LogP contribution in [-0.4, -0.2) is 50.0 Å². The number of carbonyl (C=O) groups excluding carboxylic acids is 1. The third kappa shape index (κ3) is 3.71. The molecule has 3 aromatic rings. The van der Waals surface area contributed by atoms with Crippen molar-refractivity contribution in [1.29, 1.82) is 5.41 Å². The number of hydrogen-bond donors (Lipinski definition) is 4. The number of alkyl halides is 2. The minimum Gasteiger partial charge on any atom is -0.383 e. The van der Waals surface area contributed by atoms with Gasteiger partial charge in [-0.25, -0.2) is 33.1 Å². The van der Waals surface area contributed by atoms with Crippen LogP contribution in [0.3, 0.4) is 0 Å². The Balaban J connectivity index is 1.60. The molecule has 0 aromatic carbocycles. The van der Waals surface area contributed by atoms with Crippen LogP contribution in [0.25, 0.3) is 11.5 Å². The topological polar surface area (TPSA) is 155 Å². The third-order valence-corrected chi connectivity index (χ3v) is 6.59. The van der Waals surface area contributed by atoms with Crippen LogP contribution in [0.1, 0.15) is 42.4 Å². The van der Waals surface area contributed by atoms with Gasteiger partial charge in [-0.1, -0.05) is 0 Å². The van der Waals surface area contributed by atoms with E-state index in [1.54, 1.807) is 14.0 Å². The minimum absolute atomic E-state index is 0.0253. The fourth-order valence-corrected chi connectivity index (χ4v) is 4.72. The molecule has 1 saturated carbocycles. The Labute approximate surface area is 203 Å². The number of rotatable bonds is 6. The molecule has 1 fully saturated rings. The number of carbonyl (C=O) groups is 1. The molecule has 1 atom stereocenters. The van der Waals surface area contributed by atoms with E-state index >= 15 is 0 Å². The zero-order chi connectivity index (χ0) is 25.8. The molecular formula is C23H22F3N9O. The van der Waals surface area contributed by atoms with Crippen LogP contribution in [0, 0.1) is 17.1 Å². The van der Waals surface area contributed by atoms with Gasteiger partial charge in [-0.3, -0.25) is 9.78 Å². The highest BCUT2D eigenvalue weighted by Crippen LogP contribution is 2.45. The number of hydrogen-bond acceptors (Lipinski definition) is 9. The lowest BCUT2D eigenvalue weighted by Gasteiger charge is -2.34. The molecule has 3 aromatic heterocycles. The fraction of sp³-hybridized carbons (Fsp3) is 0.348. The first-order valence-electron chi connectivity index (χ1n) is 11.1. The molecule has 4 heterocycles. The highest BCUT2D eigenvalue weighted by molar-refractivity contribution is 6.09. The van der Waals surface area contributed by atoms with Crippen LogP contribution in [0.5, 0.6) is 0 Å². The first kappa shape index (κ1) is 23.6. The van der Waals surface area contributed by atoms with Crippen molar-refractivity contribution in [3.63, 3.8) is 0 Å². The zero-order valence-electron chi connectivity index (χ0n) is 19.4. The quantitative estimate of drug-likeness (QED) is 0.379. The molecule has 0 saturated heterocycles. The normalized spacial score (nSPS) is 20.4. The van der Waals surface area contributed by atoms with Gasteiger partial charge in [0.2, 0.25) is 11.8 Å². The van der Waals surface area contributed by atoms with Crippen molar-refractivity contribution in [2.45, 2.75) is 37.5 Å². The zero-order valence-corrected chi connectivity index (χ0v) is 19.4. The van der Waals surface area contributed by atoms with E-state index in [1.807, 2.05) is 0 Å². The molecule has 186 valence electrons. The summed E-state index contributed by atoms with van der Waals surface area (Å²) < 4.78 is 40.1. The minimum atomic E-state index is -2.67. The first-order valence-corrected chi connectivity index (χ1v) is 11.1. The second-order valence-electron chi connectivity index (χ2n) is 9.08. The number of nitrogens with one attached hydrogen (secondary N) is 3. The number of fused-ring (bicyclic) bond motifs is 1. The molecule has 1 amide bonds. The SMILES string of the molecule is CNc1nc(CC2CC(F)(F)C2)nc(-c2nc(N)c3c(n2)NC(=O)C3(C)c2ccc(F)cn2)c1C=N. The summed E-state index contributed by atoms with van der Waals surface area (Å²) in [5, 5.41) is 13.5. The van der Waals surface area contributed by atoms with Crippen molar-refractivity contribution in [2.24, 2.45) is 5.92 Å². The van der Waals surface area contributed by atoms with E-state index in [2.05, 4.69) is 35.6 Å². The first-order chi connectivity index (χ1) is 17.1. The summed E-state index contributed by atoms with van der Waals surface area (Å²) in [6.07, 6.45) is 1.78. The lowest BCUT2D eigenvalue weighted by molar-refractivity contribution is -0.119. The maximum Gasteiger partial charge on any atom is 0.248 e. The molecule has 0 spiro atoms. The Kier molecular flexibility index (Phi) is 5.38. The molecule has 10 nitrogen and oxygen atoms in total. The van der Waals surface area contributed by atoms with E-state index in [4.69, 9.17) is 11.1 Å². The molecule has 36 heavy (non-hydrogen) atoms. The highest BCUT2D eigenvalue weighted by atomic mass is 19.3. The number of pyridine rings is 1. The van der Waals surface area contributed by atoms with Gasteiger partial charge in [0.05, 0.1) is 23.0 Å². The maximum absolute atomic E-state index is 13.4. The van der Waals surface area contributed by atoms with Gasteiger partial charge >= 0.3 is 0 Å². The number of amides is 1. The van der Waals surface area contributed by atoms with Crippen molar-refractivity contribution in [3.8, 4) is 11.5 Å². The monoisotopic (exact) mass is 497 g/mol. The highest BCUT2D eigenvalue weighted by Gasteiger charge is 2.49. The second-order valence-corrected chi connectivity index (χ2v) is 9.08. The van der Waals surface area contributed by atoms with Crippen LogP contribution in [0.2, 0.25) is 0 Å². The van der Waals surface area contributed by atoms with E-state index in [1.165, 1.54) is 12.1 Å². The van der Waals surface area contributed by atoms with Crippen molar-refractivity contribution in [3.05, 3.63) is 46.8 Å². The molecule has 13 heteroatoms. The van der Waals surface area contributed by atoms with Gasteiger partial charge in [0, 0.05) is 32.5 Å². The van der Waals surface area contributed by atoms with Crippen molar-refractivity contribution >= 4 is 29.6 Å². The van der Waals surface area contributed by atoms with E-state index in [9.17, 15) is 18.0 Å². The van der Waals surface area contributed by atoms with Gasteiger partial charge in [0.1, 0.15) is 40.2 Å². The number of nitrogens with two attached hydrogens (primary N) is 1. The van der Waals surface area contributed by atoms with Crippen LogP contribution in [-0.2, 0) is 16.6 Å². The standard InChI is InChI=1S/C23H22F3N9O/c1-22(13-4-3-11(24)9-30-13)15-17(28)33-20(34-19(15)35-21(22)36)16-12(8-27)18(29-2)32-14(31-16)5-10-6-23(25,26)7-10/h3-4,8-10,27H,5-7H2,1-2H3,(H,29,31,32)(H3,28,33,34,35,36).